The number of aliphatic hydroxyl groups is 2. The summed E-state index contributed by atoms with van der Waals surface area (Å²) in [5, 5.41) is 16.1. The molecule has 2 heteroatoms. The van der Waals surface area contributed by atoms with Crippen LogP contribution in [0.25, 0.3) is 0 Å². The zero-order chi connectivity index (χ0) is 22.6. The maximum absolute atomic E-state index is 9.09. The second kappa shape index (κ2) is 19.8. The number of hydrogen-bond donors (Lipinski definition) is 2. The summed E-state index contributed by atoms with van der Waals surface area (Å²) in [5.74, 6) is 8.83. The van der Waals surface area contributed by atoms with E-state index in [4.69, 9.17) is 10.2 Å². The van der Waals surface area contributed by atoms with Gasteiger partial charge in [0.25, 0.3) is 0 Å². The van der Waals surface area contributed by atoms with Crippen LogP contribution in [-0.2, 0) is 0 Å². The average Bonchev–Trinajstić information content (AvgIpc) is 2.63. The van der Waals surface area contributed by atoms with Gasteiger partial charge in [-0.05, 0) is 64.2 Å². The fourth-order valence-corrected chi connectivity index (χ4v) is 3.93. The maximum atomic E-state index is 9.09. The summed E-state index contributed by atoms with van der Waals surface area (Å²) in [5.41, 5.74) is 0.241. The van der Waals surface area contributed by atoms with E-state index < -0.39 is 0 Å². The number of rotatable bonds is 12. The Morgan fingerprint density at radius 3 is 1.36 bits per heavy atom. The molecule has 2 unspecified atom stereocenters. The molecule has 28 heavy (non-hydrogen) atoms. The first kappa shape index (κ1) is 32.2. The molecule has 2 N–H and O–H groups in total. The molecule has 0 heterocycles. The van der Waals surface area contributed by atoms with E-state index in [-0.39, 0.29) is 10.8 Å². The van der Waals surface area contributed by atoms with Crippen LogP contribution in [0.2, 0.25) is 0 Å². The van der Waals surface area contributed by atoms with Gasteiger partial charge >= 0.3 is 0 Å². The molecule has 0 aliphatic carbocycles. The van der Waals surface area contributed by atoms with E-state index in [0.29, 0.717) is 18.4 Å². The normalized spacial score (nSPS) is 14.6. The summed E-state index contributed by atoms with van der Waals surface area (Å²) in [7, 11) is 1.00. The Labute approximate surface area is 178 Å². The third-order valence-corrected chi connectivity index (χ3v) is 4.85. The predicted molar refractivity (Wildman–Crippen MR) is 127 cm³/mol. The summed E-state index contributed by atoms with van der Waals surface area (Å²) in [6.07, 6.45) is 10.5. The fraction of sp³-hybridized carbons (Fsp3) is 0.923. The smallest absolute Gasteiger partial charge is 0.0431 e. The van der Waals surface area contributed by atoms with Gasteiger partial charge in [0.2, 0.25) is 0 Å². The first-order valence-corrected chi connectivity index (χ1v) is 11.8. The van der Waals surface area contributed by atoms with Gasteiger partial charge in [0.1, 0.15) is 0 Å². The lowest BCUT2D eigenvalue weighted by Gasteiger charge is -2.29. The third-order valence-electron chi connectivity index (χ3n) is 4.85. The maximum Gasteiger partial charge on any atom is 0.0431 e. The second-order valence-corrected chi connectivity index (χ2v) is 9.21. The highest BCUT2D eigenvalue weighted by atomic mass is 16.3. The Morgan fingerprint density at radius 2 is 1.07 bits per heavy atom. The van der Waals surface area contributed by atoms with Gasteiger partial charge in [-0.2, -0.15) is 0 Å². The molecule has 0 amide bonds. The van der Waals surface area contributed by atoms with E-state index in [0.717, 1.165) is 32.8 Å². The third kappa shape index (κ3) is 18.8. The van der Waals surface area contributed by atoms with Crippen molar-refractivity contribution in [3.63, 3.8) is 0 Å². The Hall–Kier alpha value is -0.520. The topological polar surface area (TPSA) is 40.5 Å². The molecular formula is C26H54O2. The summed E-state index contributed by atoms with van der Waals surface area (Å²) in [6.45, 7) is 20.5. The van der Waals surface area contributed by atoms with E-state index in [1.54, 1.807) is 0 Å². The molecule has 2 nitrogen and oxygen atoms in total. The van der Waals surface area contributed by atoms with Crippen molar-refractivity contribution in [2.24, 2.45) is 22.7 Å². The van der Waals surface area contributed by atoms with Crippen molar-refractivity contribution in [1.82, 2.24) is 0 Å². The standard InChI is InChI=1S/C23H44O.C2H6.CH4O/c1-8-9-10-13-22(6,18-20(2)3)15-16-23(7,19-21(4)5)14-11-12-17-24;2*1-2/h20-21,24H,8-14,17-19H2,1-7H3;1-2H3;2H,1H3. The molecule has 0 aliphatic heterocycles. The Bertz CT molecular complexity index is 344. The lowest BCUT2D eigenvalue weighted by Crippen LogP contribution is -2.21. The van der Waals surface area contributed by atoms with Gasteiger partial charge in [-0.15, -0.1) is 0 Å². The van der Waals surface area contributed by atoms with Gasteiger partial charge in [0, 0.05) is 24.5 Å². The van der Waals surface area contributed by atoms with E-state index in [9.17, 15) is 0 Å². The van der Waals surface area contributed by atoms with Crippen molar-refractivity contribution in [2.45, 2.75) is 120 Å². The molecule has 0 aromatic carbocycles. The second-order valence-electron chi connectivity index (χ2n) is 9.21. The fourth-order valence-electron chi connectivity index (χ4n) is 3.93. The molecule has 0 radical (unpaired) electrons. The Kier molecular flexibility index (Phi) is 22.7. The van der Waals surface area contributed by atoms with Crippen molar-refractivity contribution in [3.8, 4) is 11.8 Å². The van der Waals surface area contributed by atoms with Crippen LogP contribution in [0.3, 0.4) is 0 Å². The van der Waals surface area contributed by atoms with Gasteiger partial charge in [0.05, 0.1) is 0 Å². The first-order valence-electron chi connectivity index (χ1n) is 11.8. The lowest BCUT2D eigenvalue weighted by molar-refractivity contribution is 0.259. The van der Waals surface area contributed by atoms with Crippen LogP contribution < -0.4 is 0 Å². The largest absolute Gasteiger partial charge is 0.400 e. The molecule has 0 saturated carbocycles. The minimum Gasteiger partial charge on any atom is -0.400 e. The van der Waals surface area contributed by atoms with Gasteiger partial charge in [-0.3, -0.25) is 0 Å². The number of aliphatic hydroxyl groups excluding tert-OH is 2. The van der Waals surface area contributed by atoms with E-state index >= 15 is 0 Å². The summed E-state index contributed by atoms with van der Waals surface area (Å²) in [6, 6.07) is 0. The van der Waals surface area contributed by atoms with Crippen LogP contribution in [-0.4, -0.2) is 23.9 Å². The van der Waals surface area contributed by atoms with Crippen LogP contribution in [0.5, 0.6) is 0 Å². The molecule has 0 aromatic heterocycles. The van der Waals surface area contributed by atoms with Crippen molar-refractivity contribution in [3.05, 3.63) is 0 Å². The van der Waals surface area contributed by atoms with Crippen LogP contribution in [0.4, 0.5) is 0 Å². The minimum atomic E-state index is 0.0896. The molecule has 0 saturated heterocycles. The highest BCUT2D eigenvalue weighted by Crippen LogP contribution is 2.35. The molecule has 0 rings (SSSR count). The number of hydrogen-bond acceptors (Lipinski definition) is 2. The summed E-state index contributed by atoms with van der Waals surface area (Å²) >= 11 is 0. The van der Waals surface area contributed by atoms with Gasteiger partial charge in [0.15, 0.2) is 0 Å². The minimum absolute atomic E-state index is 0.0896. The molecular weight excluding hydrogens is 344 g/mol. The van der Waals surface area contributed by atoms with Crippen molar-refractivity contribution in [1.29, 1.82) is 0 Å². The van der Waals surface area contributed by atoms with E-state index in [2.05, 4.69) is 60.3 Å². The quantitative estimate of drug-likeness (QED) is 0.264. The van der Waals surface area contributed by atoms with Crippen molar-refractivity contribution < 1.29 is 10.2 Å². The van der Waals surface area contributed by atoms with E-state index in [1.165, 1.54) is 32.1 Å². The predicted octanol–water partition coefficient (Wildman–Crippen LogP) is 7.47. The van der Waals surface area contributed by atoms with Crippen LogP contribution >= 0.6 is 0 Å². The molecule has 0 aromatic rings. The van der Waals surface area contributed by atoms with Crippen molar-refractivity contribution >= 4 is 0 Å². The highest BCUT2D eigenvalue weighted by molar-refractivity contribution is 5.17. The first-order chi connectivity index (χ1) is 13.2. The van der Waals surface area contributed by atoms with Gasteiger partial charge in [-0.1, -0.05) is 79.6 Å². The van der Waals surface area contributed by atoms with Crippen molar-refractivity contribution in [2.75, 3.05) is 13.7 Å². The zero-order valence-electron chi connectivity index (χ0n) is 21.1. The molecule has 0 fully saturated rings. The monoisotopic (exact) mass is 398 g/mol. The van der Waals surface area contributed by atoms with Gasteiger partial charge < -0.3 is 10.2 Å². The van der Waals surface area contributed by atoms with Crippen LogP contribution in [0.15, 0.2) is 0 Å². The molecule has 0 aliphatic rings. The SMILES string of the molecule is CC.CCCCCC(C)(C#CC(C)(CCCCO)CC(C)C)CC(C)C.CO. The molecule has 2 atom stereocenters. The highest BCUT2D eigenvalue weighted by Gasteiger charge is 2.26. The lowest BCUT2D eigenvalue weighted by atomic mass is 9.74. The van der Waals surface area contributed by atoms with Crippen LogP contribution in [0.1, 0.15) is 120 Å². The zero-order valence-corrected chi connectivity index (χ0v) is 21.1. The molecule has 0 spiro atoms. The number of unbranched alkanes of at least 4 members (excludes halogenated alkanes) is 3. The van der Waals surface area contributed by atoms with Crippen LogP contribution in [0, 0.1) is 34.5 Å². The van der Waals surface area contributed by atoms with E-state index in [1.807, 2.05) is 13.8 Å². The summed E-state index contributed by atoms with van der Waals surface area (Å²) in [4.78, 5) is 0. The Balaban J connectivity index is -0.00000146. The summed E-state index contributed by atoms with van der Waals surface area (Å²) < 4.78 is 0. The average molecular weight is 399 g/mol. The Morgan fingerprint density at radius 1 is 0.714 bits per heavy atom. The molecule has 170 valence electrons. The van der Waals surface area contributed by atoms with Gasteiger partial charge in [-0.25, -0.2) is 0 Å². The molecule has 0 bridgehead atoms.